The molecule has 3 aromatic rings. The Morgan fingerprint density at radius 1 is 1.30 bits per heavy atom. The third-order valence-corrected chi connectivity index (χ3v) is 9.88. The van der Waals surface area contributed by atoms with E-state index in [4.69, 9.17) is 22.2 Å². The van der Waals surface area contributed by atoms with Crippen molar-refractivity contribution in [1.29, 1.82) is 0 Å². The summed E-state index contributed by atoms with van der Waals surface area (Å²) in [6.45, 7) is 4.41. The van der Waals surface area contributed by atoms with Gasteiger partial charge in [0.05, 0.1) is 0 Å². The number of aromatic nitrogens is 3. The summed E-state index contributed by atoms with van der Waals surface area (Å²) < 4.78 is 4.10. The number of carboxylic acids is 2. The number of hydrogen-bond donors (Lipinski definition) is 5. The highest BCUT2D eigenvalue weighted by Gasteiger charge is 2.55. The molecule has 244 valence electrons. The average Bonchev–Trinajstić information content (AvgIpc) is 3.57. The molecule has 46 heavy (non-hydrogen) atoms. The molecule has 15 nitrogen and oxygen atoms in total. The lowest BCUT2D eigenvalue weighted by atomic mass is 10.0. The van der Waals surface area contributed by atoms with Crippen molar-refractivity contribution in [3.8, 4) is 0 Å². The molecule has 2 aliphatic rings. The number of carboxylic acid groups (broad SMARTS) is 2. The number of rotatable bonds is 13. The van der Waals surface area contributed by atoms with Gasteiger partial charge in [0.15, 0.2) is 23.6 Å². The maximum atomic E-state index is 13.4. The minimum Gasteiger partial charge on any atom is -0.478 e. The van der Waals surface area contributed by atoms with Gasteiger partial charge in [-0.25, -0.2) is 14.6 Å². The Balaban J connectivity index is 1.37. The molecule has 5 rings (SSSR count). The van der Waals surface area contributed by atoms with Crippen LogP contribution in [0.5, 0.6) is 0 Å². The van der Waals surface area contributed by atoms with Crippen LogP contribution in [0.15, 0.2) is 47.0 Å². The molecule has 2 unspecified atom stereocenters. The maximum Gasteiger partial charge on any atom is 0.352 e. The van der Waals surface area contributed by atoms with Crippen LogP contribution in [0.4, 0.5) is 5.13 Å². The van der Waals surface area contributed by atoms with Crippen molar-refractivity contribution < 1.29 is 38.8 Å². The molecule has 6 N–H and O–H groups in total. The zero-order valence-corrected chi connectivity index (χ0v) is 27.4. The number of carbonyl (C=O) groups excluding carboxylic acids is 2. The number of pyridine rings is 1. The number of aryl methyl sites for hydroxylation is 1. The van der Waals surface area contributed by atoms with Crippen molar-refractivity contribution in [2.24, 2.45) is 5.16 Å². The van der Waals surface area contributed by atoms with Crippen LogP contribution < -0.4 is 20.9 Å². The summed E-state index contributed by atoms with van der Waals surface area (Å²) in [5, 5.41) is 28.3. The van der Waals surface area contributed by atoms with E-state index in [2.05, 4.69) is 25.3 Å². The number of nitrogens with one attached hydrogen (secondary N) is 2. The fraction of sp³-hybridized carbons (Fsp3) is 0.393. The molecule has 1 fully saturated rings. The lowest BCUT2D eigenvalue weighted by Crippen LogP contribution is -2.71. The van der Waals surface area contributed by atoms with E-state index in [9.17, 15) is 29.4 Å². The number of thiazole rings is 1. The third-order valence-electron chi connectivity index (χ3n) is 7.46. The number of anilines is 1. The highest BCUT2D eigenvalue weighted by molar-refractivity contribution is 8.00. The van der Waals surface area contributed by atoms with Crippen LogP contribution in [0.2, 0.25) is 4.34 Å². The van der Waals surface area contributed by atoms with Crippen LogP contribution in [0.1, 0.15) is 26.0 Å². The Morgan fingerprint density at radius 3 is 2.72 bits per heavy atom. The smallest absolute Gasteiger partial charge is 0.352 e. The second-order valence-corrected chi connectivity index (χ2v) is 13.7. The van der Waals surface area contributed by atoms with Crippen LogP contribution in [-0.4, -0.2) is 90.5 Å². The number of nitrogens with two attached hydrogens (primary N) is 1. The van der Waals surface area contributed by atoms with Gasteiger partial charge in [-0.2, -0.15) is 4.57 Å². The van der Waals surface area contributed by atoms with Gasteiger partial charge >= 0.3 is 11.9 Å². The van der Waals surface area contributed by atoms with Gasteiger partial charge in [-0.1, -0.05) is 28.1 Å². The zero-order valence-electron chi connectivity index (χ0n) is 25.0. The maximum absolute atomic E-state index is 13.4. The van der Waals surface area contributed by atoms with Crippen molar-refractivity contribution in [1.82, 2.24) is 25.1 Å². The number of nitrogens with zero attached hydrogens (tertiary/aromatic N) is 5. The number of hydrogen-bond acceptors (Lipinski definition) is 11. The van der Waals surface area contributed by atoms with E-state index < -0.39 is 46.5 Å². The summed E-state index contributed by atoms with van der Waals surface area (Å²) in [5.41, 5.74) is 5.63. The van der Waals surface area contributed by atoms with E-state index in [1.807, 2.05) is 42.2 Å². The molecule has 0 bridgehead atoms. The van der Waals surface area contributed by atoms with E-state index >= 15 is 0 Å². The first-order valence-corrected chi connectivity index (χ1v) is 16.3. The Labute approximate surface area is 276 Å². The van der Waals surface area contributed by atoms with Crippen LogP contribution >= 0.6 is 34.7 Å². The van der Waals surface area contributed by atoms with Crippen LogP contribution in [0.25, 0.3) is 11.0 Å². The summed E-state index contributed by atoms with van der Waals surface area (Å²) in [5.74, 6) is -3.87. The number of carbonyl (C=O) groups is 4. The predicted molar refractivity (Wildman–Crippen MR) is 171 cm³/mol. The number of amides is 2. The number of halogens is 1. The number of aliphatic carboxylic acids is 2. The molecule has 0 radical (unpaired) electrons. The van der Waals surface area contributed by atoms with E-state index in [0.717, 1.165) is 41.9 Å². The first-order chi connectivity index (χ1) is 21.8. The van der Waals surface area contributed by atoms with Gasteiger partial charge in [0.2, 0.25) is 11.1 Å². The Hall–Kier alpha value is -4.19. The van der Waals surface area contributed by atoms with Gasteiger partial charge in [0.1, 0.15) is 32.7 Å². The number of fused-ring (bicyclic) bond motifs is 2. The summed E-state index contributed by atoms with van der Waals surface area (Å²) in [6.07, 6.45) is 4.82. The number of β-lactam (4-membered cyclic amide) rings is 1. The number of nitrogen functional groups attached to an aromatic ring is 1. The number of oxime groups is 1. The molecule has 0 aromatic carbocycles. The minimum absolute atomic E-state index is 0.00157. The van der Waals surface area contributed by atoms with Gasteiger partial charge in [-0.3, -0.25) is 14.5 Å². The van der Waals surface area contributed by atoms with E-state index in [1.165, 1.54) is 30.5 Å². The molecule has 2 aliphatic heterocycles. The molecule has 2 amide bonds. The monoisotopic (exact) mass is 691 g/mol. The highest BCUT2D eigenvalue weighted by atomic mass is 35.5. The first kappa shape index (κ1) is 33.2. The predicted octanol–water partition coefficient (Wildman–Crippen LogP) is 1.25. The summed E-state index contributed by atoms with van der Waals surface area (Å²) in [6, 6.07) is 4.79. The van der Waals surface area contributed by atoms with Crippen molar-refractivity contribution in [2.45, 2.75) is 50.4 Å². The SMILES string of the molecule is CNCCCn1ccc2c1ccc[n+]2CC1=C(C(=O)O)N2C(=O)C(NC(=O)/C(=N/OC(C)(C)C(=O)O)c3nc(N)sc3Cl)C2SC1. The molecule has 0 spiro atoms. The van der Waals surface area contributed by atoms with Gasteiger partial charge in [0, 0.05) is 36.2 Å². The lowest BCUT2D eigenvalue weighted by Gasteiger charge is -2.49. The van der Waals surface area contributed by atoms with Crippen molar-refractivity contribution >= 4 is 80.3 Å². The molecule has 3 aromatic heterocycles. The van der Waals surface area contributed by atoms with Crippen LogP contribution in [-0.2, 0) is 37.1 Å². The molecule has 0 saturated carbocycles. The zero-order chi connectivity index (χ0) is 33.3. The van der Waals surface area contributed by atoms with Crippen LogP contribution in [0, 0.1) is 0 Å². The largest absolute Gasteiger partial charge is 0.478 e. The summed E-state index contributed by atoms with van der Waals surface area (Å²) in [7, 11) is 1.91. The Bertz CT molecular complexity index is 1790. The quantitative estimate of drug-likeness (QED) is 0.0567. The highest BCUT2D eigenvalue weighted by Crippen LogP contribution is 2.40. The fourth-order valence-electron chi connectivity index (χ4n) is 5.05. The molecule has 18 heteroatoms. The van der Waals surface area contributed by atoms with E-state index in [-0.39, 0.29) is 27.4 Å². The van der Waals surface area contributed by atoms with E-state index in [1.54, 1.807) is 0 Å². The van der Waals surface area contributed by atoms with Crippen molar-refractivity contribution in [3.05, 3.63) is 51.9 Å². The molecule has 2 atom stereocenters. The topological polar surface area (TPSA) is 205 Å². The van der Waals surface area contributed by atoms with E-state index in [0.29, 0.717) is 11.3 Å². The molecular formula is C28H32ClN8O7S2+. The van der Waals surface area contributed by atoms with Crippen LogP contribution in [0.3, 0.4) is 0 Å². The molecule has 1 saturated heterocycles. The van der Waals surface area contributed by atoms with Gasteiger partial charge in [-0.15, -0.1) is 11.8 Å². The second kappa shape index (κ2) is 13.3. The minimum atomic E-state index is -1.81. The van der Waals surface area contributed by atoms with Crippen molar-refractivity contribution in [2.75, 3.05) is 25.1 Å². The van der Waals surface area contributed by atoms with Gasteiger partial charge in [-0.05, 0) is 39.9 Å². The standard InChI is InChI=1S/C28H31ClN8O7S2/c1-28(2,26(42)43)44-34-18(17-21(29)46-27(30)33-17)22(38)32-19-23(39)37-20(25(40)41)14(13-45-24(19)37)12-36-9-4-6-15-16(36)7-11-35(15)10-5-8-31-3/h4,6-7,9,11,19,24,31H,5,8,10,12-13H2,1-3H3,(H4-,30,32,33,38,40,41,42,43)/p+1/b34-18+. The first-order valence-electron chi connectivity index (χ1n) is 14.1. The molecule has 0 aliphatic carbocycles. The Kier molecular flexibility index (Phi) is 9.57. The molecular weight excluding hydrogens is 660 g/mol. The summed E-state index contributed by atoms with van der Waals surface area (Å²) in [4.78, 5) is 61.2. The number of thioether (sulfide) groups is 1. The lowest BCUT2D eigenvalue weighted by molar-refractivity contribution is -0.663. The average molecular weight is 692 g/mol. The van der Waals surface area contributed by atoms with Gasteiger partial charge in [0.25, 0.3) is 11.8 Å². The van der Waals surface area contributed by atoms with Gasteiger partial charge < -0.3 is 36.0 Å². The third kappa shape index (κ3) is 6.40. The second-order valence-electron chi connectivity index (χ2n) is 11.0. The van der Waals surface area contributed by atoms with Crippen molar-refractivity contribution in [3.63, 3.8) is 0 Å². The summed E-state index contributed by atoms with van der Waals surface area (Å²) >= 11 is 8.39. The Morgan fingerprint density at radius 2 is 2.07 bits per heavy atom. The molecule has 5 heterocycles. The normalized spacial score (nSPS) is 18.4. The fourth-order valence-corrected chi connectivity index (χ4v) is 7.31.